The summed E-state index contributed by atoms with van der Waals surface area (Å²) in [7, 11) is 1.62. The van der Waals surface area contributed by atoms with Crippen molar-refractivity contribution in [3.8, 4) is 11.4 Å². The zero-order chi connectivity index (χ0) is 25.7. The van der Waals surface area contributed by atoms with Gasteiger partial charge in [0, 0.05) is 55.6 Å². The minimum Gasteiger partial charge on any atom is -0.481 e. The summed E-state index contributed by atoms with van der Waals surface area (Å²) in [4.78, 5) is 26.5. The first-order chi connectivity index (χ1) is 17.4. The van der Waals surface area contributed by atoms with E-state index < -0.39 is 0 Å². The Labute approximate surface area is 212 Å². The maximum absolute atomic E-state index is 13.8. The number of carbonyl (C=O) groups excluding carboxylic acids is 1. The topological polar surface area (TPSA) is 75.9 Å². The molecule has 36 heavy (non-hydrogen) atoms. The van der Waals surface area contributed by atoms with Crippen molar-refractivity contribution >= 4 is 12.1 Å². The molecule has 8 nitrogen and oxygen atoms in total. The predicted molar refractivity (Wildman–Crippen MR) is 138 cm³/mol. The molecule has 1 amide bonds. The number of carbonyl (C=O) groups is 1. The van der Waals surface area contributed by atoms with Gasteiger partial charge in [-0.25, -0.2) is 19.0 Å². The number of piperazine rings is 1. The quantitative estimate of drug-likeness (QED) is 0.574. The zero-order valence-corrected chi connectivity index (χ0v) is 21.6. The van der Waals surface area contributed by atoms with Crippen LogP contribution in [0.2, 0.25) is 0 Å². The molecule has 4 rings (SSSR count). The number of hydrogen-bond donors (Lipinski definition) is 0. The van der Waals surface area contributed by atoms with Crippen LogP contribution in [0.1, 0.15) is 50.4 Å². The summed E-state index contributed by atoms with van der Waals surface area (Å²) in [6.07, 6.45) is 8.71. The number of ether oxygens (including phenoxy) is 1. The fourth-order valence-electron chi connectivity index (χ4n) is 4.38. The average molecular weight is 495 g/mol. The molecule has 0 spiro atoms. The lowest BCUT2D eigenvalue weighted by molar-refractivity contribution is -0.133. The number of aromatic nitrogens is 3. The SMILES string of the molecule is CCC(C)c1nc(-c2ccc(F)c(C)c2)nn1CC(=O)N1CCN(C2=C/CC/C=N/C(OC)=C\2)CC1. The highest BCUT2D eigenvalue weighted by Crippen LogP contribution is 2.24. The smallest absolute Gasteiger partial charge is 0.244 e. The lowest BCUT2D eigenvalue weighted by Gasteiger charge is -2.37. The number of allylic oxidation sites excluding steroid dienone is 2. The molecule has 192 valence electrons. The zero-order valence-electron chi connectivity index (χ0n) is 21.6. The molecule has 9 heteroatoms. The lowest BCUT2D eigenvalue weighted by atomic mass is 10.1. The van der Waals surface area contributed by atoms with Crippen molar-refractivity contribution in [3.63, 3.8) is 0 Å². The summed E-state index contributed by atoms with van der Waals surface area (Å²) in [6.45, 7) is 8.77. The summed E-state index contributed by atoms with van der Waals surface area (Å²) in [5.74, 6) is 1.80. The van der Waals surface area contributed by atoms with E-state index in [0.29, 0.717) is 30.4 Å². The number of halogens is 1. The van der Waals surface area contributed by atoms with Crippen LogP contribution in [0.5, 0.6) is 0 Å². The van der Waals surface area contributed by atoms with Gasteiger partial charge in [0.05, 0.1) is 7.11 Å². The average Bonchev–Trinajstić information content (AvgIpc) is 3.29. The Hall–Kier alpha value is -3.49. The van der Waals surface area contributed by atoms with Crippen molar-refractivity contribution in [2.24, 2.45) is 4.99 Å². The van der Waals surface area contributed by atoms with Crippen molar-refractivity contribution in [1.82, 2.24) is 24.6 Å². The molecule has 1 fully saturated rings. The van der Waals surface area contributed by atoms with Crippen LogP contribution in [0.25, 0.3) is 11.4 Å². The minimum absolute atomic E-state index is 0.0234. The molecule has 3 heterocycles. The molecule has 2 aromatic rings. The van der Waals surface area contributed by atoms with Crippen LogP contribution in [0, 0.1) is 12.7 Å². The summed E-state index contributed by atoms with van der Waals surface area (Å²) in [5, 5.41) is 4.66. The molecule has 1 atom stereocenters. The second-order valence-electron chi connectivity index (χ2n) is 9.30. The van der Waals surface area contributed by atoms with E-state index in [2.05, 4.69) is 34.9 Å². The normalized spacial score (nSPS) is 21.0. The molecule has 1 unspecified atom stereocenters. The Kier molecular flexibility index (Phi) is 8.18. The van der Waals surface area contributed by atoms with Gasteiger partial charge in [0.1, 0.15) is 18.2 Å². The number of methoxy groups -OCH3 is 1. The van der Waals surface area contributed by atoms with Crippen LogP contribution in [-0.4, -0.2) is 70.0 Å². The number of aliphatic imine (C=N–C) groups is 1. The second-order valence-corrected chi connectivity index (χ2v) is 9.30. The lowest BCUT2D eigenvalue weighted by Crippen LogP contribution is -2.49. The summed E-state index contributed by atoms with van der Waals surface area (Å²) >= 11 is 0. The van der Waals surface area contributed by atoms with Crippen molar-refractivity contribution in [2.45, 2.75) is 52.5 Å². The van der Waals surface area contributed by atoms with E-state index in [4.69, 9.17) is 9.72 Å². The molecule has 1 saturated heterocycles. The molecular formula is C27H35FN6O2. The monoisotopic (exact) mass is 494 g/mol. The third kappa shape index (κ3) is 5.83. The number of amides is 1. The van der Waals surface area contributed by atoms with Crippen LogP contribution in [0.15, 0.2) is 46.9 Å². The van der Waals surface area contributed by atoms with Crippen molar-refractivity contribution in [2.75, 3.05) is 33.3 Å². The van der Waals surface area contributed by atoms with Gasteiger partial charge in [-0.2, -0.15) is 5.10 Å². The third-order valence-electron chi connectivity index (χ3n) is 6.80. The van der Waals surface area contributed by atoms with Gasteiger partial charge in [-0.15, -0.1) is 0 Å². The largest absolute Gasteiger partial charge is 0.481 e. The minimum atomic E-state index is -0.258. The number of aryl methyl sites for hydroxylation is 1. The number of rotatable bonds is 7. The van der Waals surface area contributed by atoms with E-state index >= 15 is 0 Å². The Bertz CT molecular complexity index is 1180. The Morgan fingerprint density at radius 2 is 1.97 bits per heavy atom. The second kappa shape index (κ2) is 11.5. The van der Waals surface area contributed by atoms with Gasteiger partial charge in [0.25, 0.3) is 0 Å². The first kappa shape index (κ1) is 25.6. The maximum Gasteiger partial charge on any atom is 0.244 e. The van der Waals surface area contributed by atoms with Crippen LogP contribution in [0.4, 0.5) is 4.39 Å². The highest BCUT2D eigenvalue weighted by Gasteiger charge is 2.25. The van der Waals surface area contributed by atoms with Gasteiger partial charge in [0.15, 0.2) is 5.82 Å². The Balaban J connectivity index is 1.45. The molecule has 0 N–H and O–H groups in total. The van der Waals surface area contributed by atoms with Crippen LogP contribution in [-0.2, 0) is 16.1 Å². The van der Waals surface area contributed by atoms with E-state index in [1.165, 1.54) is 6.07 Å². The van der Waals surface area contributed by atoms with Crippen LogP contribution >= 0.6 is 0 Å². The first-order valence-electron chi connectivity index (χ1n) is 12.6. The van der Waals surface area contributed by atoms with Crippen molar-refractivity contribution in [3.05, 3.63) is 59.1 Å². The Morgan fingerprint density at radius 1 is 1.19 bits per heavy atom. The van der Waals surface area contributed by atoms with Crippen molar-refractivity contribution in [1.29, 1.82) is 0 Å². The highest BCUT2D eigenvalue weighted by molar-refractivity contribution is 5.76. The van der Waals surface area contributed by atoms with Gasteiger partial charge in [-0.1, -0.05) is 19.9 Å². The molecule has 1 aromatic heterocycles. The van der Waals surface area contributed by atoms with Crippen LogP contribution in [0.3, 0.4) is 0 Å². The molecule has 0 radical (unpaired) electrons. The standard InChI is InChI=1S/C27H35FN6O2/c1-5-19(2)27-30-26(21-9-10-23(28)20(3)16-21)31-34(27)18-25(35)33-14-12-32(13-15-33)22-8-6-7-11-29-24(17-22)36-4/h8-11,16-17,19H,5-7,12-15,18H2,1-4H3/b22-8+,24-17+,29-11+. The van der Waals surface area contributed by atoms with Gasteiger partial charge in [0.2, 0.25) is 11.8 Å². The highest BCUT2D eigenvalue weighted by atomic mass is 19.1. The van der Waals surface area contributed by atoms with Gasteiger partial charge in [-0.05, 0) is 49.9 Å². The number of benzene rings is 1. The predicted octanol–water partition coefficient (Wildman–Crippen LogP) is 4.29. The van der Waals surface area contributed by atoms with E-state index in [1.807, 2.05) is 17.2 Å². The van der Waals surface area contributed by atoms with Crippen molar-refractivity contribution < 1.29 is 13.9 Å². The third-order valence-corrected chi connectivity index (χ3v) is 6.80. The fraction of sp³-hybridized carbons (Fsp3) is 0.481. The summed E-state index contributed by atoms with van der Waals surface area (Å²) in [5.41, 5.74) is 2.38. The van der Waals surface area contributed by atoms with Crippen LogP contribution < -0.4 is 0 Å². The molecule has 2 aliphatic heterocycles. The summed E-state index contributed by atoms with van der Waals surface area (Å²) in [6, 6.07) is 4.86. The first-order valence-corrected chi connectivity index (χ1v) is 12.6. The van der Waals surface area contributed by atoms with Gasteiger partial charge in [-0.3, -0.25) is 4.79 Å². The van der Waals surface area contributed by atoms with E-state index in [9.17, 15) is 9.18 Å². The molecule has 0 saturated carbocycles. The summed E-state index contributed by atoms with van der Waals surface area (Å²) < 4.78 is 20.8. The fourth-order valence-corrected chi connectivity index (χ4v) is 4.38. The Morgan fingerprint density at radius 3 is 2.67 bits per heavy atom. The van der Waals surface area contributed by atoms with E-state index in [0.717, 1.165) is 49.4 Å². The molecule has 2 aliphatic rings. The number of nitrogens with zero attached hydrogens (tertiary/aromatic N) is 6. The van der Waals surface area contributed by atoms with E-state index in [-0.39, 0.29) is 24.2 Å². The maximum atomic E-state index is 13.8. The molecule has 0 aliphatic carbocycles. The van der Waals surface area contributed by atoms with Gasteiger partial charge >= 0.3 is 0 Å². The molecule has 1 aromatic carbocycles. The molecular weight excluding hydrogens is 459 g/mol. The van der Waals surface area contributed by atoms with Gasteiger partial charge < -0.3 is 14.5 Å². The molecule has 0 bridgehead atoms. The van der Waals surface area contributed by atoms with E-state index in [1.54, 1.807) is 30.8 Å². The number of hydrogen-bond acceptors (Lipinski definition) is 6.